The molecule has 1 aromatic heterocycles. The van der Waals surface area contributed by atoms with Crippen molar-refractivity contribution in [2.45, 2.75) is 25.8 Å². The number of anilines is 1. The fourth-order valence-corrected chi connectivity index (χ4v) is 3.45. The molecule has 138 valence electrons. The molecule has 1 N–H and O–H groups in total. The van der Waals surface area contributed by atoms with Crippen molar-refractivity contribution in [1.29, 1.82) is 0 Å². The molecule has 7 heteroatoms. The van der Waals surface area contributed by atoms with Gasteiger partial charge in [0.25, 0.3) is 0 Å². The average molecular weight is 383 g/mol. The van der Waals surface area contributed by atoms with Crippen LogP contribution in [-0.2, 0) is 0 Å². The molecule has 1 saturated heterocycles. The maximum atomic E-state index is 12.8. The van der Waals surface area contributed by atoms with Gasteiger partial charge in [0.1, 0.15) is 6.04 Å². The minimum Gasteiger partial charge on any atom is -0.337 e. The van der Waals surface area contributed by atoms with Gasteiger partial charge in [-0.15, -0.1) is 0 Å². The van der Waals surface area contributed by atoms with Gasteiger partial charge in [-0.2, -0.15) is 4.98 Å². The van der Waals surface area contributed by atoms with Gasteiger partial charge >= 0.3 is 6.03 Å². The van der Waals surface area contributed by atoms with E-state index < -0.39 is 0 Å². The van der Waals surface area contributed by atoms with Gasteiger partial charge in [0.2, 0.25) is 11.7 Å². The fourth-order valence-electron chi connectivity index (χ4n) is 3.27. The molecule has 1 aliphatic heterocycles. The minimum absolute atomic E-state index is 0.192. The number of carbonyl (C=O) groups excluding carboxylic acids is 1. The Hall–Kier alpha value is -2.86. The Labute approximate surface area is 162 Å². The number of carbonyl (C=O) groups is 1. The molecule has 0 aliphatic carbocycles. The molecule has 1 fully saturated rings. The third-order valence-corrected chi connectivity index (χ3v) is 5.19. The number of rotatable bonds is 3. The fraction of sp³-hybridized carbons (Fsp3) is 0.250. The maximum Gasteiger partial charge on any atom is 0.322 e. The normalized spacial score (nSPS) is 16.5. The molecule has 4 rings (SSSR count). The summed E-state index contributed by atoms with van der Waals surface area (Å²) in [5, 5.41) is 7.64. The Bertz CT molecular complexity index is 958. The zero-order valence-electron chi connectivity index (χ0n) is 14.9. The van der Waals surface area contributed by atoms with E-state index in [0.717, 1.165) is 24.0 Å². The van der Waals surface area contributed by atoms with Gasteiger partial charge in [-0.3, -0.25) is 0 Å². The summed E-state index contributed by atoms with van der Waals surface area (Å²) in [7, 11) is 0. The molecule has 6 nitrogen and oxygen atoms in total. The molecule has 2 aromatic carbocycles. The highest BCUT2D eigenvalue weighted by Gasteiger charge is 2.34. The number of likely N-dealkylation sites (tertiary alicyclic amines) is 1. The number of nitrogens with one attached hydrogen (secondary N) is 1. The summed E-state index contributed by atoms with van der Waals surface area (Å²) in [6, 6.07) is 14.7. The topological polar surface area (TPSA) is 71.3 Å². The molecule has 2 heterocycles. The molecule has 27 heavy (non-hydrogen) atoms. The Kier molecular flexibility index (Phi) is 4.81. The van der Waals surface area contributed by atoms with Crippen molar-refractivity contribution in [3.05, 3.63) is 65.0 Å². The number of nitrogens with zero attached hydrogens (tertiary/aromatic N) is 3. The van der Waals surface area contributed by atoms with Gasteiger partial charge in [0.05, 0.1) is 0 Å². The van der Waals surface area contributed by atoms with E-state index in [1.54, 1.807) is 11.0 Å². The highest BCUT2D eigenvalue weighted by molar-refractivity contribution is 6.31. The second kappa shape index (κ2) is 7.40. The van der Waals surface area contributed by atoms with Crippen molar-refractivity contribution >= 4 is 23.3 Å². The van der Waals surface area contributed by atoms with E-state index in [4.69, 9.17) is 16.1 Å². The first-order valence-corrected chi connectivity index (χ1v) is 9.23. The van der Waals surface area contributed by atoms with Gasteiger partial charge in [0, 0.05) is 22.8 Å². The molecule has 0 spiro atoms. The second-order valence-corrected chi connectivity index (χ2v) is 6.92. The zero-order valence-corrected chi connectivity index (χ0v) is 15.6. The maximum absolute atomic E-state index is 12.8. The predicted octanol–water partition coefficient (Wildman–Crippen LogP) is 5.07. The summed E-state index contributed by atoms with van der Waals surface area (Å²) in [6.07, 6.45) is 1.67. The van der Waals surface area contributed by atoms with Crippen molar-refractivity contribution in [2.24, 2.45) is 0 Å². The van der Waals surface area contributed by atoms with Gasteiger partial charge in [-0.1, -0.05) is 53.2 Å². The smallest absolute Gasteiger partial charge is 0.322 e. The molecular formula is C20H19ClN4O2. The molecule has 0 radical (unpaired) electrons. The van der Waals surface area contributed by atoms with Crippen LogP contribution in [0.25, 0.3) is 11.4 Å². The minimum atomic E-state index is -0.227. The molecule has 0 saturated carbocycles. The van der Waals surface area contributed by atoms with Crippen LogP contribution in [0.1, 0.15) is 30.3 Å². The van der Waals surface area contributed by atoms with Crippen LogP contribution < -0.4 is 5.32 Å². The number of urea groups is 1. The first kappa shape index (κ1) is 17.5. The van der Waals surface area contributed by atoms with Crippen LogP contribution >= 0.6 is 11.6 Å². The van der Waals surface area contributed by atoms with Gasteiger partial charge in [-0.05, 0) is 37.5 Å². The highest BCUT2D eigenvalue weighted by Crippen LogP contribution is 2.33. The third kappa shape index (κ3) is 3.53. The third-order valence-electron chi connectivity index (χ3n) is 4.78. The van der Waals surface area contributed by atoms with E-state index in [1.807, 2.05) is 49.4 Å². The number of hydrogen-bond donors (Lipinski definition) is 1. The van der Waals surface area contributed by atoms with Crippen LogP contribution in [-0.4, -0.2) is 27.6 Å². The van der Waals surface area contributed by atoms with Crippen LogP contribution in [0.3, 0.4) is 0 Å². The second-order valence-electron chi connectivity index (χ2n) is 6.52. The van der Waals surface area contributed by atoms with Crippen molar-refractivity contribution in [1.82, 2.24) is 15.0 Å². The van der Waals surface area contributed by atoms with Gasteiger partial charge < -0.3 is 14.7 Å². The largest absolute Gasteiger partial charge is 0.337 e. The summed E-state index contributed by atoms with van der Waals surface area (Å²) in [6.45, 7) is 2.52. The quantitative estimate of drug-likeness (QED) is 0.686. The average Bonchev–Trinajstić information content (AvgIpc) is 3.35. The molecule has 1 aliphatic rings. The Morgan fingerprint density at radius 3 is 2.85 bits per heavy atom. The van der Waals surface area contributed by atoms with Crippen molar-refractivity contribution in [2.75, 3.05) is 11.9 Å². The van der Waals surface area contributed by atoms with Crippen LogP contribution in [0, 0.1) is 6.92 Å². The molecule has 0 bridgehead atoms. The van der Waals surface area contributed by atoms with Crippen LogP contribution in [0.15, 0.2) is 53.1 Å². The Balaban J connectivity index is 1.53. The summed E-state index contributed by atoms with van der Waals surface area (Å²) in [4.78, 5) is 19.1. The zero-order chi connectivity index (χ0) is 18.8. The number of benzene rings is 2. The van der Waals surface area contributed by atoms with Crippen LogP contribution in [0.4, 0.5) is 10.5 Å². The molecule has 1 atom stereocenters. The lowest BCUT2D eigenvalue weighted by molar-refractivity contribution is 0.193. The summed E-state index contributed by atoms with van der Waals surface area (Å²) >= 11 is 6.14. The lowest BCUT2D eigenvalue weighted by Gasteiger charge is -2.23. The van der Waals surface area contributed by atoms with Crippen molar-refractivity contribution in [3.8, 4) is 11.4 Å². The number of aromatic nitrogens is 2. The van der Waals surface area contributed by atoms with Crippen molar-refractivity contribution < 1.29 is 9.32 Å². The van der Waals surface area contributed by atoms with E-state index in [1.165, 1.54) is 0 Å². The SMILES string of the molecule is Cc1c(Cl)cccc1NC(=O)N1CCC[C@H]1c1nc(-c2ccccc2)no1. The first-order valence-electron chi connectivity index (χ1n) is 8.85. The van der Waals surface area contributed by atoms with Crippen molar-refractivity contribution in [3.63, 3.8) is 0 Å². The molecule has 0 unspecified atom stereocenters. The summed E-state index contributed by atoms with van der Waals surface area (Å²) < 4.78 is 5.47. The van der Waals surface area contributed by atoms with E-state index >= 15 is 0 Å². The van der Waals surface area contributed by atoms with E-state index in [-0.39, 0.29) is 12.1 Å². The Morgan fingerprint density at radius 1 is 1.22 bits per heavy atom. The number of amides is 2. The summed E-state index contributed by atoms with van der Waals surface area (Å²) in [5.41, 5.74) is 2.43. The standard InChI is InChI=1S/C20H19ClN4O2/c1-13-15(21)9-5-10-16(13)22-20(26)25-12-6-11-17(25)19-23-18(24-27-19)14-7-3-2-4-8-14/h2-5,7-10,17H,6,11-12H2,1H3,(H,22,26)/t17-/m0/s1. The lowest BCUT2D eigenvalue weighted by Crippen LogP contribution is -2.34. The Morgan fingerprint density at radius 2 is 2.04 bits per heavy atom. The predicted molar refractivity (Wildman–Crippen MR) is 104 cm³/mol. The van der Waals surface area contributed by atoms with E-state index in [9.17, 15) is 4.79 Å². The number of hydrogen-bond acceptors (Lipinski definition) is 4. The van der Waals surface area contributed by atoms with Gasteiger partial charge in [0.15, 0.2) is 0 Å². The van der Waals surface area contributed by atoms with Gasteiger partial charge in [-0.25, -0.2) is 4.79 Å². The number of halogens is 1. The molecular weight excluding hydrogens is 364 g/mol. The van der Waals surface area contributed by atoms with Crippen LogP contribution in [0.5, 0.6) is 0 Å². The van der Waals surface area contributed by atoms with E-state index in [2.05, 4.69) is 15.5 Å². The van der Waals surface area contributed by atoms with Crippen LogP contribution in [0.2, 0.25) is 5.02 Å². The monoisotopic (exact) mass is 382 g/mol. The lowest BCUT2D eigenvalue weighted by atomic mass is 10.2. The molecule has 3 aromatic rings. The summed E-state index contributed by atoms with van der Waals surface area (Å²) in [5.74, 6) is 0.993. The molecule has 2 amide bonds. The first-order chi connectivity index (χ1) is 13.1. The highest BCUT2D eigenvalue weighted by atomic mass is 35.5. The van der Waals surface area contributed by atoms with E-state index in [0.29, 0.717) is 29.0 Å².